The second kappa shape index (κ2) is 7.03. The predicted molar refractivity (Wildman–Crippen MR) is 103 cm³/mol. The van der Waals surface area contributed by atoms with Crippen LogP contribution in [0.1, 0.15) is 22.6 Å². The number of anilines is 3. The molecule has 2 aromatic rings. The van der Waals surface area contributed by atoms with Crippen molar-refractivity contribution in [3.05, 3.63) is 28.8 Å². The predicted octanol–water partition coefficient (Wildman–Crippen LogP) is 0.480. The molecule has 4 rings (SSSR count). The first-order valence-corrected chi connectivity index (χ1v) is 9.28. The molecular weight excluding hydrogens is 328 g/mol. The number of piperazine rings is 1. The van der Waals surface area contributed by atoms with Crippen LogP contribution in [0.4, 0.5) is 17.6 Å². The Labute approximate surface area is 153 Å². The number of nitrogens with zero attached hydrogens (tertiary/aromatic N) is 6. The zero-order valence-corrected chi connectivity index (χ0v) is 15.5. The molecule has 0 spiro atoms. The number of aryl methyl sites for hydroxylation is 2. The Bertz CT molecular complexity index is 798. The van der Waals surface area contributed by atoms with Gasteiger partial charge in [0.05, 0.1) is 17.1 Å². The van der Waals surface area contributed by atoms with Crippen molar-refractivity contribution >= 4 is 17.6 Å². The summed E-state index contributed by atoms with van der Waals surface area (Å²) in [5.74, 6) is 2.39. The molecule has 0 bridgehead atoms. The van der Waals surface area contributed by atoms with Gasteiger partial charge in [-0.2, -0.15) is 4.98 Å². The molecule has 0 radical (unpaired) electrons. The van der Waals surface area contributed by atoms with Crippen molar-refractivity contribution in [2.45, 2.75) is 26.7 Å². The maximum Gasteiger partial charge on any atom is 0.222 e. The van der Waals surface area contributed by atoms with E-state index in [-0.39, 0.29) is 0 Å². The normalized spacial score (nSPS) is 17.8. The van der Waals surface area contributed by atoms with Gasteiger partial charge in [-0.3, -0.25) is 4.98 Å². The summed E-state index contributed by atoms with van der Waals surface area (Å²) in [5.41, 5.74) is 10.3. The monoisotopic (exact) mass is 354 g/mol. The highest BCUT2D eigenvalue weighted by Gasteiger charge is 2.25. The van der Waals surface area contributed by atoms with Gasteiger partial charge in [0.15, 0.2) is 0 Å². The van der Waals surface area contributed by atoms with Crippen LogP contribution in [0.15, 0.2) is 6.20 Å². The molecular formula is C18H26N8. The molecule has 138 valence electrons. The first-order chi connectivity index (χ1) is 12.6. The Kier molecular flexibility index (Phi) is 4.58. The van der Waals surface area contributed by atoms with E-state index in [2.05, 4.69) is 35.1 Å². The quantitative estimate of drug-likeness (QED) is 0.804. The van der Waals surface area contributed by atoms with Crippen molar-refractivity contribution < 1.29 is 0 Å². The number of hydrogen-bond donors (Lipinski definition) is 2. The van der Waals surface area contributed by atoms with Gasteiger partial charge in [0.2, 0.25) is 5.95 Å². The number of nitrogen functional groups attached to an aromatic ring is 1. The summed E-state index contributed by atoms with van der Waals surface area (Å²) in [7, 11) is 0. The van der Waals surface area contributed by atoms with E-state index in [0.717, 1.165) is 80.8 Å². The molecule has 0 aromatic carbocycles. The van der Waals surface area contributed by atoms with E-state index < -0.39 is 0 Å². The Morgan fingerprint density at radius 3 is 2.38 bits per heavy atom. The van der Waals surface area contributed by atoms with E-state index in [1.165, 1.54) is 5.56 Å². The zero-order chi connectivity index (χ0) is 18.1. The van der Waals surface area contributed by atoms with Gasteiger partial charge in [0.1, 0.15) is 11.6 Å². The first-order valence-electron chi connectivity index (χ1n) is 9.28. The second-order valence-corrected chi connectivity index (χ2v) is 6.98. The maximum absolute atomic E-state index is 6.00. The molecule has 8 heteroatoms. The largest absolute Gasteiger partial charge is 0.368 e. The van der Waals surface area contributed by atoms with Crippen molar-refractivity contribution in [1.29, 1.82) is 0 Å². The lowest BCUT2D eigenvalue weighted by Crippen LogP contribution is -2.48. The lowest BCUT2D eigenvalue weighted by molar-refractivity contribution is 0.633. The molecule has 1 fully saturated rings. The third-order valence-corrected chi connectivity index (χ3v) is 5.11. The van der Waals surface area contributed by atoms with Gasteiger partial charge in [-0.05, 0) is 26.8 Å². The summed E-state index contributed by atoms with van der Waals surface area (Å²) in [5, 5.41) is 3.43. The van der Waals surface area contributed by atoms with Crippen LogP contribution in [0.5, 0.6) is 0 Å². The number of hydrogen-bond acceptors (Lipinski definition) is 8. The van der Waals surface area contributed by atoms with Gasteiger partial charge in [-0.15, -0.1) is 0 Å². The van der Waals surface area contributed by atoms with Crippen molar-refractivity contribution in [3.63, 3.8) is 0 Å². The van der Waals surface area contributed by atoms with E-state index in [4.69, 9.17) is 5.73 Å². The van der Waals surface area contributed by atoms with Crippen molar-refractivity contribution in [2.75, 3.05) is 54.8 Å². The van der Waals surface area contributed by atoms with Crippen LogP contribution < -0.4 is 20.9 Å². The highest BCUT2D eigenvalue weighted by atomic mass is 15.3. The average molecular weight is 354 g/mol. The van der Waals surface area contributed by atoms with Crippen LogP contribution in [0.3, 0.4) is 0 Å². The maximum atomic E-state index is 6.00. The summed E-state index contributed by atoms with van der Waals surface area (Å²) in [6, 6.07) is 0. The Hall–Kier alpha value is -2.48. The highest BCUT2D eigenvalue weighted by Crippen LogP contribution is 2.26. The van der Waals surface area contributed by atoms with E-state index in [1.807, 2.05) is 20.0 Å². The molecule has 2 aliphatic rings. The fraction of sp³-hybridized carbons (Fsp3) is 0.556. The van der Waals surface area contributed by atoms with Crippen LogP contribution in [0.2, 0.25) is 0 Å². The van der Waals surface area contributed by atoms with Gasteiger partial charge in [-0.25, -0.2) is 9.97 Å². The summed E-state index contributed by atoms with van der Waals surface area (Å²) in [6.45, 7) is 9.50. The van der Waals surface area contributed by atoms with E-state index in [1.54, 1.807) is 0 Å². The van der Waals surface area contributed by atoms with Gasteiger partial charge >= 0.3 is 0 Å². The molecule has 3 N–H and O–H groups in total. The number of aromatic nitrogens is 4. The molecule has 26 heavy (non-hydrogen) atoms. The van der Waals surface area contributed by atoms with Crippen molar-refractivity contribution in [2.24, 2.45) is 0 Å². The fourth-order valence-corrected chi connectivity index (χ4v) is 3.76. The molecule has 0 saturated carbocycles. The number of rotatable bonds is 2. The lowest BCUT2D eigenvalue weighted by atomic mass is 10.1. The number of fused-ring (bicyclic) bond motifs is 1. The molecule has 8 nitrogen and oxygen atoms in total. The van der Waals surface area contributed by atoms with E-state index in [0.29, 0.717) is 5.95 Å². The van der Waals surface area contributed by atoms with Crippen molar-refractivity contribution in [3.8, 4) is 0 Å². The minimum absolute atomic E-state index is 0.378. The summed E-state index contributed by atoms with van der Waals surface area (Å²) in [6.07, 6.45) is 3.68. The average Bonchev–Trinajstić information content (AvgIpc) is 2.88. The van der Waals surface area contributed by atoms with Crippen LogP contribution in [0, 0.1) is 13.8 Å². The van der Waals surface area contributed by atoms with E-state index in [9.17, 15) is 0 Å². The highest BCUT2D eigenvalue weighted by molar-refractivity contribution is 5.54. The minimum atomic E-state index is 0.378. The molecule has 0 aliphatic carbocycles. The van der Waals surface area contributed by atoms with Crippen LogP contribution in [-0.2, 0) is 12.8 Å². The molecule has 1 saturated heterocycles. The van der Waals surface area contributed by atoms with Gasteiger partial charge in [-0.1, -0.05) is 0 Å². The molecule has 0 unspecified atom stereocenters. The topological polar surface area (TPSA) is 96.1 Å². The summed E-state index contributed by atoms with van der Waals surface area (Å²) in [4.78, 5) is 22.9. The fourth-order valence-electron chi connectivity index (χ4n) is 3.76. The van der Waals surface area contributed by atoms with E-state index >= 15 is 0 Å². The third kappa shape index (κ3) is 3.29. The van der Waals surface area contributed by atoms with Crippen molar-refractivity contribution in [1.82, 2.24) is 25.3 Å². The molecule has 0 amide bonds. The number of nitrogens with one attached hydrogen (secondary N) is 1. The third-order valence-electron chi connectivity index (χ3n) is 5.11. The van der Waals surface area contributed by atoms with Crippen LogP contribution in [-0.4, -0.2) is 59.2 Å². The SMILES string of the molecule is Cc1cnc(C)c(N2CCN(c3nc(N)nc4c3CCNCC4)CC2)n1. The van der Waals surface area contributed by atoms with Crippen LogP contribution in [0.25, 0.3) is 0 Å². The van der Waals surface area contributed by atoms with Gasteiger partial charge in [0, 0.05) is 50.9 Å². The Morgan fingerprint density at radius 1 is 0.923 bits per heavy atom. The van der Waals surface area contributed by atoms with Crippen LogP contribution >= 0.6 is 0 Å². The Morgan fingerprint density at radius 2 is 1.62 bits per heavy atom. The summed E-state index contributed by atoms with van der Waals surface area (Å²) >= 11 is 0. The molecule has 2 aromatic heterocycles. The van der Waals surface area contributed by atoms with Gasteiger partial charge in [0.25, 0.3) is 0 Å². The minimum Gasteiger partial charge on any atom is -0.368 e. The molecule has 0 atom stereocenters. The number of nitrogens with two attached hydrogens (primary N) is 1. The smallest absolute Gasteiger partial charge is 0.222 e. The lowest BCUT2D eigenvalue weighted by Gasteiger charge is -2.37. The second-order valence-electron chi connectivity index (χ2n) is 6.98. The Balaban J connectivity index is 1.55. The van der Waals surface area contributed by atoms with Gasteiger partial charge < -0.3 is 20.9 Å². The molecule has 4 heterocycles. The zero-order valence-electron chi connectivity index (χ0n) is 15.5. The standard InChI is InChI=1S/C18H26N8/c1-12-11-21-13(2)16(22-12)25-7-9-26(10-8-25)17-14-3-5-20-6-4-15(14)23-18(19)24-17/h11,20H,3-10H2,1-2H3,(H2,19,23,24). The summed E-state index contributed by atoms with van der Waals surface area (Å²) < 4.78 is 0. The molecule has 2 aliphatic heterocycles. The first kappa shape index (κ1) is 17.0.